The summed E-state index contributed by atoms with van der Waals surface area (Å²) in [6.45, 7) is 1.18. The number of nitrogens with one attached hydrogen (secondary N) is 1. The minimum atomic E-state index is -2.88. The Hall–Kier alpha value is -2.95. The van der Waals surface area contributed by atoms with Crippen molar-refractivity contribution in [1.82, 2.24) is 9.97 Å². The first kappa shape index (κ1) is 15.6. The molecule has 0 aliphatic rings. The maximum absolute atomic E-state index is 12.7. The van der Waals surface area contributed by atoms with Gasteiger partial charge in [-0.05, 0) is 43.7 Å². The third kappa shape index (κ3) is 2.61. The van der Waals surface area contributed by atoms with Crippen molar-refractivity contribution in [3.63, 3.8) is 0 Å². The quantitative estimate of drug-likeness (QED) is 0.528. The van der Waals surface area contributed by atoms with E-state index in [1.807, 2.05) is 26.0 Å². The van der Waals surface area contributed by atoms with Crippen LogP contribution in [-0.2, 0) is 0 Å². The molecular formula is C20H16F2N2O. The second-order valence-electron chi connectivity index (χ2n) is 6.06. The van der Waals surface area contributed by atoms with Gasteiger partial charge in [-0.25, -0.2) is 0 Å². The third-order valence-electron chi connectivity index (χ3n) is 4.36. The number of hydrogen-bond donors (Lipinski definition) is 1. The number of nitrogens with zero attached hydrogens (tertiary/aromatic N) is 1. The number of para-hydroxylation sites is 1. The molecule has 4 aromatic rings. The lowest BCUT2D eigenvalue weighted by Crippen LogP contribution is -2.03. The summed E-state index contributed by atoms with van der Waals surface area (Å²) in [5.41, 5.74) is 5.66. The number of alkyl halides is 2. The molecule has 0 spiro atoms. The van der Waals surface area contributed by atoms with Crippen molar-refractivity contribution >= 4 is 21.8 Å². The Morgan fingerprint density at radius 1 is 1.04 bits per heavy atom. The molecule has 0 saturated heterocycles. The van der Waals surface area contributed by atoms with Gasteiger partial charge < -0.3 is 9.72 Å². The fourth-order valence-electron chi connectivity index (χ4n) is 3.35. The molecule has 0 amide bonds. The zero-order valence-electron chi connectivity index (χ0n) is 13.8. The third-order valence-corrected chi connectivity index (χ3v) is 4.36. The maximum atomic E-state index is 12.7. The lowest BCUT2D eigenvalue weighted by molar-refractivity contribution is -0.0489. The van der Waals surface area contributed by atoms with E-state index < -0.39 is 6.61 Å². The lowest BCUT2D eigenvalue weighted by atomic mass is 9.97. The first-order valence-corrected chi connectivity index (χ1v) is 7.96. The number of ether oxygens (including phenoxy) is 1. The average molecular weight is 338 g/mol. The van der Waals surface area contributed by atoms with Crippen LogP contribution in [0, 0.1) is 13.8 Å². The summed E-state index contributed by atoms with van der Waals surface area (Å²) in [4.78, 5) is 7.66. The lowest BCUT2D eigenvalue weighted by Gasteiger charge is -2.11. The Morgan fingerprint density at radius 2 is 1.88 bits per heavy atom. The van der Waals surface area contributed by atoms with Crippen molar-refractivity contribution in [2.75, 3.05) is 0 Å². The monoisotopic (exact) mass is 338 g/mol. The number of aromatic amines is 1. The normalized spacial score (nSPS) is 11.6. The number of pyridine rings is 1. The largest absolute Gasteiger partial charge is 0.432 e. The first-order chi connectivity index (χ1) is 12.0. The Bertz CT molecular complexity index is 1090. The molecule has 5 heteroatoms. The fourth-order valence-corrected chi connectivity index (χ4v) is 3.35. The summed E-state index contributed by atoms with van der Waals surface area (Å²) in [7, 11) is 0. The van der Waals surface area contributed by atoms with Gasteiger partial charge in [-0.15, -0.1) is 0 Å². The molecular weight excluding hydrogens is 322 g/mol. The molecule has 1 N–H and O–H groups in total. The van der Waals surface area contributed by atoms with Gasteiger partial charge in [0, 0.05) is 33.7 Å². The van der Waals surface area contributed by atoms with Crippen LogP contribution in [0.2, 0.25) is 0 Å². The van der Waals surface area contributed by atoms with Gasteiger partial charge in [0.25, 0.3) is 0 Å². The average Bonchev–Trinajstić information content (AvgIpc) is 2.89. The molecule has 2 aromatic heterocycles. The number of aromatic nitrogens is 2. The van der Waals surface area contributed by atoms with E-state index in [0.717, 1.165) is 38.7 Å². The van der Waals surface area contributed by atoms with Gasteiger partial charge in [0.05, 0.1) is 0 Å². The van der Waals surface area contributed by atoms with Crippen molar-refractivity contribution in [3.05, 3.63) is 59.9 Å². The first-order valence-electron chi connectivity index (χ1n) is 7.96. The molecule has 0 saturated carbocycles. The van der Waals surface area contributed by atoms with Gasteiger partial charge >= 0.3 is 6.61 Å². The van der Waals surface area contributed by atoms with E-state index in [2.05, 4.69) is 32.9 Å². The van der Waals surface area contributed by atoms with Gasteiger partial charge in [-0.2, -0.15) is 8.78 Å². The smallest absolute Gasteiger partial charge is 0.387 e. The molecule has 0 bridgehead atoms. The SMILES string of the molecule is Cc1ccc2[nH]c(C)c(-c3ccnc4c(OC(F)F)cccc34)c2c1. The number of hydrogen-bond acceptors (Lipinski definition) is 2. The molecule has 0 fully saturated rings. The zero-order valence-corrected chi connectivity index (χ0v) is 13.8. The summed E-state index contributed by atoms with van der Waals surface area (Å²) in [6.07, 6.45) is 1.63. The highest BCUT2D eigenvalue weighted by molar-refractivity contribution is 6.06. The van der Waals surface area contributed by atoms with Gasteiger partial charge in [0.2, 0.25) is 0 Å². The van der Waals surface area contributed by atoms with Gasteiger partial charge in [0.15, 0.2) is 5.75 Å². The van der Waals surface area contributed by atoms with Crippen molar-refractivity contribution in [1.29, 1.82) is 0 Å². The maximum Gasteiger partial charge on any atom is 0.387 e. The van der Waals surface area contributed by atoms with E-state index in [4.69, 9.17) is 0 Å². The molecule has 25 heavy (non-hydrogen) atoms. The van der Waals surface area contributed by atoms with E-state index >= 15 is 0 Å². The molecule has 4 rings (SSSR count). The number of H-pyrrole nitrogens is 1. The van der Waals surface area contributed by atoms with Crippen LogP contribution >= 0.6 is 0 Å². The van der Waals surface area contributed by atoms with Crippen LogP contribution < -0.4 is 4.74 Å². The van der Waals surface area contributed by atoms with Crippen LogP contribution in [-0.4, -0.2) is 16.6 Å². The van der Waals surface area contributed by atoms with Crippen LogP contribution in [0.1, 0.15) is 11.3 Å². The predicted molar refractivity (Wildman–Crippen MR) is 95.1 cm³/mol. The fraction of sp³-hybridized carbons (Fsp3) is 0.150. The molecule has 2 aromatic carbocycles. The van der Waals surface area contributed by atoms with Crippen LogP contribution in [0.15, 0.2) is 48.7 Å². The van der Waals surface area contributed by atoms with E-state index in [-0.39, 0.29) is 5.75 Å². The molecule has 2 heterocycles. The Morgan fingerprint density at radius 3 is 2.68 bits per heavy atom. The van der Waals surface area contributed by atoms with Crippen LogP contribution in [0.5, 0.6) is 5.75 Å². The van der Waals surface area contributed by atoms with E-state index in [1.165, 1.54) is 6.07 Å². The van der Waals surface area contributed by atoms with E-state index in [1.54, 1.807) is 12.3 Å². The summed E-state index contributed by atoms with van der Waals surface area (Å²) in [6, 6.07) is 13.2. The number of benzene rings is 2. The van der Waals surface area contributed by atoms with Crippen molar-refractivity contribution < 1.29 is 13.5 Å². The second-order valence-corrected chi connectivity index (χ2v) is 6.06. The predicted octanol–water partition coefficient (Wildman–Crippen LogP) is 5.60. The van der Waals surface area contributed by atoms with Crippen LogP contribution in [0.25, 0.3) is 32.9 Å². The van der Waals surface area contributed by atoms with Crippen molar-refractivity contribution in [2.24, 2.45) is 0 Å². The molecule has 0 atom stereocenters. The van der Waals surface area contributed by atoms with Gasteiger partial charge in [-0.1, -0.05) is 23.8 Å². The summed E-state index contributed by atoms with van der Waals surface area (Å²) in [5, 5.41) is 1.89. The van der Waals surface area contributed by atoms with Crippen LogP contribution in [0.3, 0.4) is 0 Å². The van der Waals surface area contributed by atoms with Crippen LogP contribution in [0.4, 0.5) is 8.78 Å². The topological polar surface area (TPSA) is 37.9 Å². The highest BCUT2D eigenvalue weighted by Gasteiger charge is 2.16. The molecule has 3 nitrogen and oxygen atoms in total. The minimum absolute atomic E-state index is 0.0861. The molecule has 0 radical (unpaired) electrons. The summed E-state index contributed by atoms with van der Waals surface area (Å²) < 4.78 is 30.0. The van der Waals surface area contributed by atoms with Crippen molar-refractivity contribution in [3.8, 4) is 16.9 Å². The second kappa shape index (κ2) is 5.84. The van der Waals surface area contributed by atoms with E-state index in [0.29, 0.717) is 5.52 Å². The summed E-state index contributed by atoms with van der Waals surface area (Å²) in [5.74, 6) is 0.0861. The van der Waals surface area contributed by atoms with Gasteiger partial charge in [0.1, 0.15) is 5.52 Å². The van der Waals surface area contributed by atoms with Crippen molar-refractivity contribution in [2.45, 2.75) is 20.5 Å². The molecule has 0 unspecified atom stereocenters. The Balaban J connectivity index is 2.02. The minimum Gasteiger partial charge on any atom is -0.432 e. The highest BCUT2D eigenvalue weighted by Crippen LogP contribution is 2.38. The Kier molecular flexibility index (Phi) is 3.64. The highest BCUT2D eigenvalue weighted by atomic mass is 19.3. The number of aryl methyl sites for hydroxylation is 2. The Labute approximate surface area is 143 Å². The standard InChI is InChI=1S/C20H16F2N2O/c1-11-6-7-16-15(10-11)18(12(2)24-16)13-8-9-23-19-14(13)4-3-5-17(19)25-20(21)22/h3-10,20,24H,1-2H3. The number of halogens is 2. The number of rotatable bonds is 3. The zero-order chi connectivity index (χ0) is 17.6. The molecule has 126 valence electrons. The molecule has 0 aliphatic heterocycles. The molecule has 0 aliphatic carbocycles. The number of fused-ring (bicyclic) bond motifs is 2. The summed E-state index contributed by atoms with van der Waals surface area (Å²) >= 11 is 0. The van der Waals surface area contributed by atoms with Gasteiger partial charge in [-0.3, -0.25) is 4.98 Å². The van der Waals surface area contributed by atoms with E-state index in [9.17, 15) is 8.78 Å².